The lowest BCUT2D eigenvalue weighted by atomic mass is 9.87. The molecule has 1 aliphatic heterocycles. The fraction of sp³-hybridized carbons (Fsp3) is 0.625. The summed E-state index contributed by atoms with van der Waals surface area (Å²) in [5, 5.41) is 6.76. The molecule has 3 unspecified atom stereocenters. The van der Waals surface area contributed by atoms with Gasteiger partial charge in [0.1, 0.15) is 0 Å². The van der Waals surface area contributed by atoms with Crippen LogP contribution in [0.4, 0.5) is 0 Å². The second kappa shape index (κ2) is 9.96. The Bertz CT molecular complexity index is 1080. The van der Waals surface area contributed by atoms with Gasteiger partial charge < -0.3 is 21.8 Å². The van der Waals surface area contributed by atoms with Crippen LogP contribution in [0.1, 0.15) is 46.1 Å². The normalized spacial score (nSPS) is 28.0. The molecule has 2 aliphatic rings. The van der Waals surface area contributed by atoms with Crippen LogP contribution in [0.2, 0.25) is 0 Å². The van der Waals surface area contributed by atoms with E-state index >= 15 is 0 Å². The zero-order valence-electron chi connectivity index (χ0n) is 21.1. The molecule has 1 heterocycles. The number of likely N-dealkylation sites (N-methyl/N-ethyl adjacent to an activating group) is 1. The molecule has 1 amide bonds. The van der Waals surface area contributed by atoms with Gasteiger partial charge in [-0.2, -0.15) is 5.10 Å². The Morgan fingerprint density at radius 1 is 1.26 bits per heavy atom. The van der Waals surface area contributed by atoms with Crippen LogP contribution in [0, 0.1) is 11.8 Å². The lowest BCUT2D eigenvalue weighted by Gasteiger charge is -2.32. The third kappa shape index (κ3) is 5.58. The minimum Gasteiger partial charge on any atom is -0.341 e. The first-order chi connectivity index (χ1) is 16.2. The monoisotopic (exact) mass is 506 g/mol. The molecule has 3 rings (SSSR count). The number of hydrogen-bond acceptors (Lipinski definition) is 8. The van der Waals surface area contributed by atoms with E-state index < -0.39 is 39.2 Å². The minimum absolute atomic E-state index is 0.00124. The topological polar surface area (TPSA) is 160 Å². The van der Waals surface area contributed by atoms with E-state index in [4.69, 9.17) is 11.6 Å². The molecule has 5 atom stereocenters. The second-order valence-corrected chi connectivity index (χ2v) is 12.4. The molecule has 0 bridgehead atoms. The summed E-state index contributed by atoms with van der Waals surface area (Å²) in [6, 6.07) is 5.46. The number of benzene rings is 1. The summed E-state index contributed by atoms with van der Waals surface area (Å²) in [6.45, 7) is 9.14. The van der Waals surface area contributed by atoms with Gasteiger partial charge >= 0.3 is 0 Å². The highest BCUT2D eigenvalue weighted by Gasteiger charge is 2.70. The average Bonchev–Trinajstić information content (AvgIpc) is 3.41. The molecule has 2 fully saturated rings. The van der Waals surface area contributed by atoms with Crippen LogP contribution in [-0.4, -0.2) is 69.0 Å². The Labute approximate surface area is 207 Å². The number of rotatable bonds is 8. The standard InChI is InChI=1S/C24H38N6O4S/c1-15(29-35(33,34)18-10-8-16(9-11-18)23(2,3)4)21(31)19-20(24(19,25)14-28-26)22(32)30(5)17-7-6-12-27-13-17/h8-11,14-15,17,19-20,27,29H,6-7,12-13,25-26H2,1-5H3/t15-,17?,19?,20+,24?/m0/s1. The quantitative estimate of drug-likeness (QED) is 0.224. The van der Waals surface area contributed by atoms with E-state index in [2.05, 4.69) is 15.1 Å². The zero-order chi connectivity index (χ0) is 26.2. The lowest BCUT2D eigenvalue weighted by Crippen LogP contribution is -2.48. The number of ketones is 1. The first-order valence-corrected chi connectivity index (χ1v) is 13.4. The zero-order valence-corrected chi connectivity index (χ0v) is 21.9. The first kappa shape index (κ1) is 27.3. The van der Waals surface area contributed by atoms with Gasteiger partial charge in [0.05, 0.1) is 28.3 Å². The van der Waals surface area contributed by atoms with Gasteiger partial charge in [-0.15, -0.1) is 0 Å². The summed E-state index contributed by atoms with van der Waals surface area (Å²) in [5.41, 5.74) is 5.91. The van der Waals surface area contributed by atoms with Crippen molar-refractivity contribution in [1.82, 2.24) is 14.9 Å². The average molecular weight is 507 g/mol. The summed E-state index contributed by atoms with van der Waals surface area (Å²) in [5.74, 6) is 2.80. The van der Waals surface area contributed by atoms with Gasteiger partial charge in [-0.05, 0) is 49.4 Å². The van der Waals surface area contributed by atoms with E-state index in [1.54, 1.807) is 24.1 Å². The predicted molar refractivity (Wildman–Crippen MR) is 135 cm³/mol. The molecular weight excluding hydrogens is 468 g/mol. The van der Waals surface area contributed by atoms with Crippen molar-refractivity contribution in [2.45, 2.75) is 68.5 Å². The SMILES string of the molecule is C[C@H](NS(=O)(=O)c1ccc(C(C)(C)C)cc1)C(=O)C1[C@H](C(=O)N(C)C2CCCNC2)C1(N)C=NN. The van der Waals surface area contributed by atoms with Crippen LogP contribution < -0.4 is 21.6 Å². The Morgan fingerprint density at radius 2 is 1.89 bits per heavy atom. The largest absolute Gasteiger partial charge is 0.341 e. The number of nitrogens with two attached hydrogens (primary N) is 2. The molecule has 11 heteroatoms. The molecule has 1 aromatic rings. The number of hydrogen-bond donors (Lipinski definition) is 4. The van der Waals surface area contributed by atoms with Crippen molar-refractivity contribution < 1.29 is 18.0 Å². The Morgan fingerprint density at radius 3 is 2.40 bits per heavy atom. The Kier molecular flexibility index (Phi) is 7.76. The third-order valence-electron chi connectivity index (χ3n) is 7.13. The van der Waals surface area contributed by atoms with E-state index in [1.807, 2.05) is 20.8 Å². The molecule has 10 nitrogen and oxygen atoms in total. The van der Waals surface area contributed by atoms with Gasteiger partial charge in [0.25, 0.3) is 0 Å². The predicted octanol–water partition coefficient (Wildman–Crippen LogP) is 0.318. The van der Waals surface area contributed by atoms with E-state index in [0.29, 0.717) is 6.54 Å². The summed E-state index contributed by atoms with van der Waals surface area (Å²) in [4.78, 5) is 28.3. The van der Waals surface area contributed by atoms with E-state index in [-0.39, 0.29) is 22.3 Å². The van der Waals surface area contributed by atoms with Crippen LogP contribution in [0.25, 0.3) is 0 Å². The second-order valence-electron chi connectivity index (χ2n) is 10.7. The highest BCUT2D eigenvalue weighted by molar-refractivity contribution is 7.89. The molecule has 1 aliphatic carbocycles. The molecule has 0 spiro atoms. The molecule has 1 saturated carbocycles. The molecule has 6 N–H and O–H groups in total. The van der Waals surface area contributed by atoms with Gasteiger partial charge in [0, 0.05) is 25.8 Å². The molecule has 35 heavy (non-hydrogen) atoms. The van der Waals surface area contributed by atoms with Crippen LogP contribution >= 0.6 is 0 Å². The molecule has 1 aromatic carbocycles. The highest BCUT2D eigenvalue weighted by atomic mass is 32.2. The maximum Gasteiger partial charge on any atom is 0.241 e. The number of carbonyl (C=O) groups excluding carboxylic acids is 2. The third-order valence-corrected chi connectivity index (χ3v) is 8.68. The Hall–Kier alpha value is -2.34. The van der Waals surface area contributed by atoms with Crippen molar-refractivity contribution >= 4 is 27.9 Å². The minimum atomic E-state index is -3.97. The number of amides is 1. The van der Waals surface area contributed by atoms with E-state index in [1.165, 1.54) is 25.3 Å². The smallest absolute Gasteiger partial charge is 0.241 e. The van der Waals surface area contributed by atoms with E-state index in [9.17, 15) is 18.0 Å². The van der Waals surface area contributed by atoms with Crippen molar-refractivity contribution in [3.8, 4) is 0 Å². The van der Waals surface area contributed by atoms with Crippen LogP contribution in [0.5, 0.6) is 0 Å². The van der Waals surface area contributed by atoms with E-state index in [0.717, 1.165) is 24.9 Å². The molecular formula is C24H38N6O4S. The van der Waals surface area contributed by atoms with Gasteiger partial charge in [0.15, 0.2) is 5.78 Å². The van der Waals surface area contributed by atoms with Gasteiger partial charge in [-0.3, -0.25) is 9.59 Å². The van der Waals surface area contributed by atoms with Gasteiger partial charge in [-0.1, -0.05) is 32.9 Å². The number of piperidine rings is 1. The maximum atomic E-state index is 13.3. The number of hydrazone groups is 1. The molecule has 1 saturated heterocycles. The van der Waals surface area contributed by atoms with Gasteiger partial charge in [0.2, 0.25) is 15.9 Å². The number of carbonyl (C=O) groups is 2. The van der Waals surface area contributed by atoms with Crippen molar-refractivity contribution in [2.75, 3.05) is 20.1 Å². The number of nitrogens with one attached hydrogen (secondary N) is 2. The summed E-state index contributed by atoms with van der Waals surface area (Å²) in [6.07, 6.45) is 3.02. The molecule has 0 radical (unpaired) electrons. The summed E-state index contributed by atoms with van der Waals surface area (Å²) >= 11 is 0. The van der Waals surface area contributed by atoms with Crippen molar-refractivity contribution in [1.29, 1.82) is 0 Å². The first-order valence-electron chi connectivity index (χ1n) is 11.9. The van der Waals surface area contributed by atoms with Crippen LogP contribution in [0.3, 0.4) is 0 Å². The fourth-order valence-electron chi connectivity index (χ4n) is 4.81. The van der Waals surface area contributed by atoms with Crippen LogP contribution in [-0.2, 0) is 25.0 Å². The summed E-state index contributed by atoms with van der Waals surface area (Å²) < 4.78 is 28.3. The van der Waals surface area contributed by atoms with Crippen molar-refractivity contribution in [3.63, 3.8) is 0 Å². The van der Waals surface area contributed by atoms with Crippen molar-refractivity contribution in [3.05, 3.63) is 29.8 Å². The summed E-state index contributed by atoms with van der Waals surface area (Å²) in [7, 11) is -2.27. The number of nitrogens with zero attached hydrogens (tertiary/aromatic N) is 2. The molecule has 194 valence electrons. The number of sulfonamides is 1. The Balaban J connectivity index is 1.75. The van der Waals surface area contributed by atoms with Crippen molar-refractivity contribution in [2.24, 2.45) is 28.5 Å². The maximum absolute atomic E-state index is 13.3. The highest BCUT2D eigenvalue weighted by Crippen LogP contribution is 2.49. The molecule has 0 aromatic heterocycles. The number of Topliss-reactive ketones (excluding diaryl/α,β-unsaturated/α-hetero) is 1. The van der Waals surface area contributed by atoms with Crippen LogP contribution in [0.15, 0.2) is 34.3 Å². The lowest BCUT2D eigenvalue weighted by molar-refractivity contribution is -0.135. The fourth-order valence-corrected chi connectivity index (χ4v) is 6.02. The van der Waals surface area contributed by atoms with Gasteiger partial charge in [-0.25, -0.2) is 13.1 Å².